The number of aliphatic imine (C=N–C) groups is 1. The maximum absolute atomic E-state index is 12.6. The highest BCUT2D eigenvalue weighted by Gasteiger charge is 2.22. The van der Waals surface area contributed by atoms with E-state index in [1.807, 2.05) is 36.2 Å². The molecule has 160 valence electrons. The first kappa shape index (κ1) is 21.7. The number of ether oxygens (including phenoxy) is 1. The van der Waals surface area contributed by atoms with E-state index < -0.39 is 0 Å². The first-order valence-electron chi connectivity index (χ1n) is 10.6. The third-order valence-corrected chi connectivity index (χ3v) is 5.28. The molecule has 1 heterocycles. The minimum absolute atomic E-state index is 0.206. The van der Waals surface area contributed by atoms with Gasteiger partial charge < -0.3 is 19.9 Å². The van der Waals surface area contributed by atoms with Gasteiger partial charge >= 0.3 is 0 Å². The van der Waals surface area contributed by atoms with Crippen LogP contribution in [-0.4, -0.2) is 48.9 Å². The smallest absolute Gasteiger partial charge is 0.223 e. The predicted octanol–water partition coefficient (Wildman–Crippen LogP) is 3.42. The molecular formula is C24H32N4O2. The number of carbonyl (C=O) groups is 1. The molecule has 3 rings (SSSR count). The van der Waals surface area contributed by atoms with E-state index in [2.05, 4.69) is 41.4 Å². The molecule has 6 nitrogen and oxygen atoms in total. The molecule has 2 aromatic rings. The Kier molecular flexibility index (Phi) is 7.71. The van der Waals surface area contributed by atoms with Gasteiger partial charge in [-0.2, -0.15) is 0 Å². The van der Waals surface area contributed by atoms with E-state index in [1.54, 1.807) is 7.11 Å². The number of amides is 1. The van der Waals surface area contributed by atoms with E-state index in [4.69, 9.17) is 9.73 Å². The fraction of sp³-hybridized carbons (Fsp3) is 0.417. The summed E-state index contributed by atoms with van der Waals surface area (Å²) in [6, 6.07) is 16.3. The Hall–Kier alpha value is -3.02. The van der Waals surface area contributed by atoms with E-state index in [0.717, 1.165) is 44.3 Å². The second-order valence-corrected chi connectivity index (χ2v) is 7.56. The van der Waals surface area contributed by atoms with Gasteiger partial charge in [-0.1, -0.05) is 36.4 Å². The van der Waals surface area contributed by atoms with Crippen LogP contribution in [0, 0.1) is 0 Å². The number of hydrogen-bond donors (Lipinski definition) is 1. The molecule has 0 radical (unpaired) electrons. The molecule has 1 amide bonds. The molecule has 6 heteroatoms. The fourth-order valence-electron chi connectivity index (χ4n) is 3.63. The second-order valence-electron chi connectivity index (χ2n) is 7.56. The third kappa shape index (κ3) is 5.75. The van der Waals surface area contributed by atoms with Crippen LogP contribution in [0.5, 0.6) is 5.75 Å². The van der Waals surface area contributed by atoms with Crippen molar-refractivity contribution in [2.45, 2.75) is 39.4 Å². The van der Waals surface area contributed by atoms with Crippen LogP contribution in [0.2, 0.25) is 0 Å². The zero-order chi connectivity index (χ0) is 21.3. The highest BCUT2D eigenvalue weighted by molar-refractivity contribution is 5.80. The normalized spacial score (nSPS) is 13.2. The number of nitrogens with one attached hydrogen (secondary N) is 1. The Morgan fingerprint density at radius 3 is 2.40 bits per heavy atom. The molecule has 0 unspecified atom stereocenters. The number of carbonyl (C=O) groups excluding carboxylic acids is 1. The van der Waals surface area contributed by atoms with Crippen molar-refractivity contribution in [3.8, 4) is 5.75 Å². The number of nitrogens with zero attached hydrogens (tertiary/aromatic N) is 3. The number of methoxy groups -OCH3 is 1. The molecule has 0 fully saturated rings. The maximum atomic E-state index is 12.6. The summed E-state index contributed by atoms with van der Waals surface area (Å²) in [4.78, 5) is 21.3. The fourth-order valence-corrected chi connectivity index (χ4v) is 3.63. The molecule has 1 aliphatic rings. The summed E-state index contributed by atoms with van der Waals surface area (Å²) < 4.78 is 5.22. The molecule has 1 N–H and O–H groups in total. The Morgan fingerprint density at radius 1 is 1.13 bits per heavy atom. The number of hydrogen-bond acceptors (Lipinski definition) is 3. The molecule has 0 aromatic heterocycles. The zero-order valence-electron chi connectivity index (χ0n) is 18.2. The Balaban J connectivity index is 1.47. The Bertz CT molecular complexity index is 839. The van der Waals surface area contributed by atoms with E-state index in [-0.39, 0.29) is 5.91 Å². The predicted molar refractivity (Wildman–Crippen MR) is 120 cm³/mol. The lowest BCUT2D eigenvalue weighted by molar-refractivity contribution is -0.131. The maximum Gasteiger partial charge on any atom is 0.223 e. The number of rotatable bonds is 8. The van der Waals surface area contributed by atoms with Gasteiger partial charge in [0.1, 0.15) is 5.75 Å². The van der Waals surface area contributed by atoms with Crippen molar-refractivity contribution in [2.75, 3.05) is 27.2 Å². The van der Waals surface area contributed by atoms with Crippen molar-refractivity contribution < 1.29 is 9.53 Å². The summed E-state index contributed by atoms with van der Waals surface area (Å²) in [5, 5.41) is 3.34. The van der Waals surface area contributed by atoms with Gasteiger partial charge in [-0.05, 0) is 42.2 Å². The molecule has 0 saturated carbocycles. The molecule has 0 bridgehead atoms. The molecular weight excluding hydrogens is 376 g/mol. The van der Waals surface area contributed by atoms with Crippen LogP contribution in [-0.2, 0) is 24.4 Å². The molecule has 30 heavy (non-hydrogen) atoms. The molecule has 2 aromatic carbocycles. The molecule has 0 spiro atoms. The van der Waals surface area contributed by atoms with Gasteiger partial charge in [0, 0.05) is 46.2 Å². The molecule has 1 aliphatic heterocycles. The second kappa shape index (κ2) is 10.7. The topological polar surface area (TPSA) is 57.2 Å². The number of benzene rings is 2. The first-order valence-corrected chi connectivity index (χ1v) is 10.6. The van der Waals surface area contributed by atoms with Crippen molar-refractivity contribution in [2.24, 2.45) is 4.99 Å². The zero-order valence-corrected chi connectivity index (χ0v) is 18.2. The van der Waals surface area contributed by atoms with Gasteiger partial charge in [0.15, 0.2) is 5.96 Å². The van der Waals surface area contributed by atoms with Crippen molar-refractivity contribution in [3.63, 3.8) is 0 Å². The highest BCUT2D eigenvalue weighted by Crippen LogP contribution is 2.23. The summed E-state index contributed by atoms with van der Waals surface area (Å²) in [6.45, 7) is 5.70. The summed E-state index contributed by atoms with van der Waals surface area (Å²) in [7, 11) is 3.70. The van der Waals surface area contributed by atoms with Crippen LogP contribution in [0.1, 0.15) is 36.5 Å². The van der Waals surface area contributed by atoms with Crippen molar-refractivity contribution in [1.82, 2.24) is 15.1 Å². The number of fused-ring (bicyclic) bond motifs is 1. The molecule has 0 saturated heterocycles. The van der Waals surface area contributed by atoms with Crippen molar-refractivity contribution >= 4 is 11.9 Å². The largest absolute Gasteiger partial charge is 0.497 e. The standard InChI is InChI=1S/C24H32N4O2/c1-4-25-24(27(2)16-19-11-13-22(30-3)14-12-19)26-15-7-10-23(29)28-17-20-8-5-6-9-21(20)18-28/h5-6,8-9,11-14H,4,7,10,15-18H2,1-3H3,(H,25,26). The Morgan fingerprint density at radius 2 is 1.80 bits per heavy atom. The lowest BCUT2D eigenvalue weighted by Crippen LogP contribution is -2.38. The summed E-state index contributed by atoms with van der Waals surface area (Å²) in [5.41, 5.74) is 3.71. The van der Waals surface area contributed by atoms with E-state index in [1.165, 1.54) is 16.7 Å². The summed E-state index contributed by atoms with van der Waals surface area (Å²) in [6.07, 6.45) is 1.27. The number of guanidine groups is 1. The molecule has 0 aliphatic carbocycles. The summed E-state index contributed by atoms with van der Waals surface area (Å²) in [5.74, 6) is 1.92. The van der Waals surface area contributed by atoms with Gasteiger partial charge in [0.25, 0.3) is 0 Å². The van der Waals surface area contributed by atoms with Gasteiger partial charge in [0.05, 0.1) is 7.11 Å². The van der Waals surface area contributed by atoms with Crippen LogP contribution in [0.25, 0.3) is 0 Å². The van der Waals surface area contributed by atoms with Gasteiger partial charge in [0.2, 0.25) is 5.91 Å². The van der Waals surface area contributed by atoms with Crippen LogP contribution >= 0.6 is 0 Å². The van der Waals surface area contributed by atoms with Crippen LogP contribution in [0.4, 0.5) is 0 Å². The van der Waals surface area contributed by atoms with Crippen LogP contribution in [0.15, 0.2) is 53.5 Å². The van der Waals surface area contributed by atoms with Gasteiger partial charge in [-0.25, -0.2) is 0 Å². The average molecular weight is 409 g/mol. The lowest BCUT2D eigenvalue weighted by atomic mass is 10.1. The lowest BCUT2D eigenvalue weighted by Gasteiger charge is -2.22. The SMILES string of the molecule is CCNC(=NCCCC(=O)N1Cc2ccccc2C1)N(C)Cc1ccc(OC)cc1. The van der Waals surface area contributed by atoms with Crippen LogP contribution < -0.4 is 10.1 Å². The third-order valence-electron chi connectivity index (χ3n) is 5.28. The minimum atomic E-state index is 0.206. The van der Waals surface area contributed by atoms with Crippen molar-refractivity contribution in [1.29, 1.82) is 0 Å². The van der Waals surface area contributed by atoms with Gasteiger partial charge in [-0.3, -0.25) is 9.79 Å². The summed E-state index contributed by atoms with van der Waals surface area (Å²) >= 11 is 0. The van der Waals surface area contributed by atoms with Gasteiger partial charge in [-0.15, -0.1) is 0 Å². The van der Waals surface area contributed by atoms with Crippen molar-refractivity contribution in [3.05, 3.63) is 65.2 Å². The monoisotopic (exact) mass is 408 g/mol. The Labute approximate surface area is 179 Å². The molecule has 0 atom stereocenters. The first-order chi connectivity index (χ1) is 14.6. The average Bonchev–Trinajstić information content (AvgIpc) is 3.20. The van der Waals surface area contributed by atoms with E-state index in [9.17, 15) is 4.79 Å². The van der Waals surface area contributed by atoms with E-state index >= 15 is 0 Å². The quantitative estimate of drug-likeness (QED) is 0.413. The highest BCUT2D eigenvalue weighted by atomic mass is 16.5. The minimum Gasteiger partial charge on any atom is -0.497 e. The van der Waals surface area contributed by atoms with E-state index in [0.29, 0.717) is 13.0 Å². The van der Waals surface area contributed by atoms with Crippen LogP contribution in [0.3, 0.4) is 0 Å².